The zero-order valence-electron chi connectivity index (χ0n) is 10.2. The minimum Gasteiger partial charge on any atom is -0.435 e. The van der Waals surface area contributed by atoms with Crippen molar-refractivity contribution in [3.8, 4) is 5.75 Å². The molecule has 1 saturated carbocycles. The molecular formula is C13H15F2NO3. The first-order valence-electron chi connectivity index (χ1n) is 6.07. The quantitative estimate of drug-likeness (QED) is 0.829. The summed E-state index contributed by atoms with van der Waals surface area (Å²) < 4.78 is 28.1. The van der Waals surface area contributed by atoms with Gasteiger partial charge in [-0.1, -0.05) is 0 Å². The number of carbonyl (C=O) groups excluding carboxylic acids is 1. The molecule has 1 aliphatic carbocycles. The van der Waals surface area contributed by atoms with E-state index in [1.54, 1.807) is 0 Å². The fraction of sp³-hybridized carbons (Fsp3) is 0.462. The molecule has 4 nitrogen and oxygen atoms in total. The lowest BCUT2D eigenvalue weighted by molar-refractivity contribution is -0.0498. The summed E-state index contributed by atoms with van der Waals surface area (Å²) in [4.78, 5) is 11.7. The maximum atomic E-state index is 11.9. The highest BCUT2D eigenvalue weighted by Gasteiger charge is 2.29. The number of alkyl halides is 2. The smallest absolute Gasteiger partial charge is 0.387 e. The summed E-state index contributed by atoms with van der Waals surface area (Å²) in [6.07, 6.45) is 1.48. The molecule has 2 rings (SSSR count). The van der Waals surface area contributed by atoms with E-state index in [9.17, 15) is 18.7 Å². The van der Waals surface area contributed by atoms with Crippen LogP contribution in [0.2, 0.25) is 0 Å². The molecule has 0 heterocycles. The Morgan fingerprint density at radius 3 is 2.53 bits per heavy atom. The van der Waals surface area contributed by atoms with Gasteiger partial charge >= 0.3 is 6.61 Å². The highest BCUT2D eigenvalue weighted by molar-refractivity contribution is 5.94. The first-order valence-corrected chi connectivity index (χ1v) is 6.07. The second kappa shape index (κ2) is 5.97. The first-order chi connectivity index (χ1) is 9.06. The number of aliphatic hydroxyl groups is 1. The minimum atomic E-state index is -2.88. The van der Waals surface area contributed by atoms with Gasteiger partial charge in [0, 0.05) is 12.1 Å². The van der Waals surface area contributed by atoms with Crippen molar-refractivity contribution in [3.05, 3.63) is 29.8 Å². The van der Waals surface area contributed by atoms with E-state index in [0.29, 0.717) is 11.5 Å². The molecular weight excluding hydrogens is 256 g/mol. The van der Waals surface area contributed by atoms with Gasteiger partial charge in [-0.05, 0) is 43.0 Å². The summed E-state index contributed by atoms with van der Waals surface area (Å²) in [7, 11) is 0. The number of amides is 1. The Morgan fingerprint density at radius 2 is 2.00 bits per heavy atom. The van der Waals surface area contributed by atoms with Gasteiger partial charge in [-0.3, -0.25) is 4.79 Å². The third-order valence-electron chi connectivity index (χ3n) is 2.98. The third kappa shape index (κ3) is 4.17. The number of benzene rings is 1. The molecule has 1 atom stereocenters. The fourth-order valence-electron chi connectivity index (χ4n) is 1.73. The van der Waals surface area contributed by atoms with Crippen LogP contribution in [0.25, 0.3) is 0 Å². The first kappa shape index (κ1) is 13.7. The highest BCUT2D eigenvalue weighted by Crippen LogP contribution is 2.32. The Bertz CT molecular complexity index is 432. The number of nitrogens with one attached hydrogen (secondary N) is 1. The van der Waals surface area contributed by atoms with Gasteiger partial charge in [-0.2, -0.15) is 8.78 Å². The van der Waals surface area contributed by atoms with Crippen LogP contribution in [0.5, 0.6) is 5.75 Å². The summed E-state index contributed by atoms with van der Waals surface area (Å²) in [5, 5.41) is 12.2. The van der Waals surface area contributed by atoms with Gasteiger partial charge in [0.2, 0.25) is 0 Å². The van der Waals surface area contributed by atoms with Crippen LogP contribution in [0.1, 0.15) is 23.2 Å². The van der Waals surface area contributed by atoms with Crippen LogP contribution >= 0.6 is 0 Å². The van der Waals surface area contributed by atoms with Crippen molar-refractivity contribution in [2.24, 2.45) is 5.92 Å². The molecule has 0 bridgehead atoms. The van der Waals surface area contributed by atoms with Gasteiger partial charge in [0.25, 0.3) is 5.91 Å². The van der Waals surface area contributed by atoms with Crippen LogP contribution in [0.15, 0.2) is 24.3 Å². The van der Waals surface area contributed by atoms with Crippen LogP contribution < -0.4 is 10.1 Å². The summed E-state index contributed by atoms with van der Waals surface area (Å²) in [6.45, 7) is -2.67. The molecule has 2 N–H and O–H groups in total. The SMILES string of the molecule is O=C(NCC(O)C1CC1)c1ccc(OC(F)F)cc1. The van der Waals surface area contributed by atoms with Gasteiger partial charge < -0.3 is 15.2 Å². The summed E-state index contributed by atoms with van der Waals surface area (Å²) >= 11 is 0. The maximum Gasteiger partial charge on any atom is 0.387 e. The number of ether oxygens (including phenoxy) is 1. The molecule has 0 saturated heterocycles. The van der Waals surface area contributed by atoms with E-state index < -0.39 is 12.7 Å². The van der Waals surface area contributed by atoms with Crippen molar-refractivity contribution in [2.75, 3.05) is 6.54 Å². The van der Waals surface area contributed by atoms with Crippen LogP contribution in [-0.4, -0.2) is 30.3 Å². The summed E-state index contributed by atoms with van der Waals surface area (Å²) in [5.74, 6) is -0.0463. The molecule has 0 spiro atoms. The average molecular weight is 271 g/mol. The predicted octanol–water partition coefficient (Wildman–Crippen LogP) is 1.79. The van der Waals surface area contributed by atoms with Crippen LogP contribution in [0.3, 0.4) is 0 Å². The number of halogens is 2. The second-order valence-electron chi connectivity index (χ2n) is 4.52. The van der Waals surface area contributed by atoms with E-state index in [0.717, 1.165) is 12.8 Å². The molecule has 1 fully saturated rings. The van der Waals surface area contributed by atoms with E-state index in [4.69, 9.17) is 0 Å². The molecule has 104 valence electrons. The molecule has 1 aliphatic rings. The number of carbonyl (C=O) groups is 1. The number of aliphatic hydroxyl groups excluding tert-OH is 1. The monoisotopic (exact) mass is 271 g/mol. The summed E-state index contributed by atoms with van der Waals surface area (Å²) in [5.41, 5.74) is 0.338. The van der Waals surface area contributed by atoms with E-state index in [1.165, 1.54) is 24.3 Å². The third-order valence-corrected chi connectivity index (χ3v) is 2.98. The van der Waals surface area contributed by atoms with Crippen LogP contribution in [0, 0.1) is 5.92 Å². The highest BCUT2D eigenvalue weighted by atomic mass is 19.3. The van der Waals surface area contributed by atoms with E-state index in [-0.39, 0.29) is 18.2 Å². The lowest BCUT2D eigenvalue weighted by atomic mass is 10.2. The fourth-order valence-corrected chi connectivity index (χ4v) is 1.73. The lowest BCUT2D eigenvalue weighted by Crippen LogP contribution is -2.33. The molecule has 0 radical (unpaired) electrons. The molecule has 19 heavy (non-hydrogen) atoms. The molecule has 1 aromatic carbocycles. The Balaban J connectivity index is 1.84. The minimum absolute atomic E-state index is 0.00423. The largest absolute Gasteiger partial charge is 0.435 e. The Labute approximate surface area is 109 Å². The lowest BCUT2D eigenvalue weighted by Gasteiger charge is -2.11. The topological polar surface area (TPSA) is 58.6 Å². The van der Waals surface area contributed by atoms with Gasteiger partial charge in [-0.25, -0.2) is 0 Å². The molecule has 6 heteroatoms. The molecule has 1 aromatic rings. The van der Waals surface area contributed by atoms with Gasteiger partial charge in [0.05, 0.1) is 6.10 Å². The zero-order valence-corrected chi connectivity index (χ0v) is 10.2. The van der Waals surface area contributed by atoms with Gasteiger partial charge in [0.15, 0.2) is 0 Å². The number of rotatable bonds is 6. The Morgan fingerprint density at radius 1 is 1.37 bits per heavy atom. The van der Waals surface area contributed by atoms with Crippen molar-refractivity contribution < 1.29 is 23.4 Å². The Hall–Kier alpha value is -1.69. The van der Waals surface area contributed by atoms with Gasteiger partial charge in [0.1, 0.15) is 5.75 Å². The standard InChI is InChI=1S/C13H15F2NO3/c14-13(15)19-10-5-3-9(4-6-10)12(18)16-7-11(17)8-1-2-8/h3-6,8,11,13,17H,1-2,7H2,(H,16,18). The zero-order chi connectivity index (χ0) is 13.8. The Kier molecular flexibility index (Phi) is 4.31. The predicted molar refractivity (Wildman–Crippen MR) is 64.1 cm³/mol. The van der Waals surface area contributed by atoms with Gasteiger partial charge in [-0.15, -0.1) is 0 Å². The van der Waals surface area contributed by atoms with Crippen molar-refractivity contribution >= 4 is 5.91 Å². The van der Waals surface area contributed by atoms with Crippen molar-refractivity contribution in [1.82, 2.24) is 5.32 Å². The molecule has 1 amide bonds. The normalized spacial score (nSPS) is 16.2. The van der Waals surface area contributed by atoms with E-state index in [2.05, 4.69) is 10.1 Å². The average Bonchev–Trinajstić information content (AvgIpc) is 3.20. The number of hydrogen-bond acceptors (Lipinski definition) is 3. The van der Waals surface area contributed by atoms with Crippen LogP contribution in [-0.2, 0) is 0 Å². The van der Waals surface area contributed by atoms with Crippen molar-refractivity contribution in [2.45, 2.75) is 25.6 Å². The molecule has 0 aliphatic heterocycles. The van der Waals surface area contributed by atoms with E-state index >= 15 is 0 Å². The van der Waals surface area contributed by atoms with Crippen molar-refractivity contribution in [1.29, 1.82) is 0 Å². The van der Waals surface area contributed by atoms with E-state index in [1.807, 2.05) is 0 Å². The summed E-state index contributed by atoms with van der Waals surface area (Å²) in [6, 6.07) is 5.41. The van der Waals surface area contributed by atoms with Crippen LogP contribution in [0.4, 0.5) is 8.78 Å². The maximum absolute atomic E-state index is 11.9. The van der Waals surface area contributed by atoms with Crippen molar-refractivity contribution in [3.63, 3.8) is 0 Å². The molecule has 1 unspecified atom stereocenters. The molecule has 0 aromatic heterocycles. The number of hydrogen-bond donors (Lipinski definition) is 2. The second-order valence-corrected chi connectivity index (χ2v) is 4.52.